The molecular weight excluding hydrogens is 228 g/mol. The molecule has 1 aromatic rings. The molecule has 1 N–H and O–H groups in total. The Morgan fingerprint density at radius 3 is 3.06 bits per heavy atom. The van der Waals surface area contributed by atoms with Gasteiger partial charge in [-0.15, -0.1) is 0 Å². The van der Waals surface area contributed by atoms with Crippen LogP contribution in [0.15, 0.2) is 6.20 Å². The molecule has 1 atom stereocenters. The number of fused-ring (bicyclic) bond motifs is 1. The molecule has 1 aliphatic rings. The summed E-state index contributed by atoms with van der Waals surface area (Å²) in [4.78, 5) is 13.9. The monoisotopic (exact) mass is 246 g/mol. The van der Waals surface area contributed by atoms with Gasteiger partial charge in [0, 0.05) is 24.3 Å². The Morgan fingerprint density at radius 1 is 1.67 bits per heavy atom. The lowest BCUT2D eigenvalue weighted by molar-refractivity contribution is -0.135. The van der Waals surface area contributed by atoms with Crippen molar-refractivity contribution < 1.29 is 4.79 Å². The van der Waals surface area contributed by atoms with E-state index in [4.69, 9.17) is 5.26 Å². The smallest absolute Gasteiger partial charge is 0.239 e. The van der Waals surface area contributed by atoms with E-state index in [0.29, 0.717) is 13.1 Å². The van der Waals surface area contributed by atoms with Crippen molar-refractivity contribution in [3.63, 3.8) is 0 Å². The first-order valence-corrected chi connectivity index (χ1v) is 6.12. The van der Waals surface area contributed by atoms with Gasteiger partial charge in [0.1, 0.15) is 5.92 Å². The number of nitrogens with one attached hydrogen (secondary N) is 1. The van der Waals surface area contributed by atoms with Crippen LogP contribution in [0.5, 0.6) is 0 Å². The summed E-state index contributed by atoms with van der Waals surface area (Å²) in [5.74, 6) is -0.686. The summed E-state index contributed by atoms with van der Waals surface area (Å²) in [6, 6.07) is 2.01. The van der Waals surface area contributed by atoms with Crippen molar-refractivity contribution in [2.45, 2.75) is 33.7 Å². The third-order valence-corrected chi connectivity index (χ3v) is 3.32. The maximum Gasteiger partial charge on any atom is 0.239 e. The van der Waals surface area contributed by atoms with Gasteiger partial charge in [0.2, 0.25) is 5.91 Å². The second kappa shape index (κ2) is 4.45. The van der Waals surface area contributed by atoms with Crippen molar-refractivity contribution in [1.82, 2.24) is 15.1 Å². The first-order chi connectivity index (χ1) is 8.43. The number of nitriles is 1. The normalized spacial score (nSPS) is 19.6. The van der Waals surface area contributed by atoms with Crippen LogP contribution < -0.4 is 0 Å². The second-order valence-electron chi connectivity index (χ2n) is 5.76. The number of aromatic nitrogens is 2. The highest BCUT2D eigenvalue weighted by Crippen LogP contribution is 2.29. The number of rotatable bonds is 1. The van der Waals surface area contributed by atoms with E-state index >= 15 is 0 Å². The summed E-state index contributed by atoms with van der Waals surface area (Å²) in [5.41, 5.74) is 2.14. The SMILES string of the molecule is CC(C#N)C(=O)N1Cc2cn[nH]c2CC(C)(C)C1. The highest BCUT2D eigenvalue weighted by Gasteiger charge is 2.32. The number of carbonyl (C=O) groups excluding carboxylic acids is 1. The van der Waals surface area contributed by atoms with Gasteiger partial charge >= 0.3 is 0 Å². The Morgan fingerprint density at radius 2 is 2.39 bits per heavy atom. The fraction of sp³-hybridized carbons (Fsp3) is 0.615. The van der Waals surface area contributed by atoms with Crippen LogP contribution in [-0.4, -0.2) is 27.5 Å². The van der Waals surface area contributed by atoms with Gasteiger partial charge in [-0.25, -0.2) is 0 Å². The fourth-order valence-electron chi connectivity index (χ4n) is 2.42. The molecule has 1 aromatic heterocycles. The van der Waals surface area contributed by atoms with Gasteiger partial charge in [-0.3, -0.25) is 9.89 Å². The topological polar surface area (TPSA) is 72.8 Å². The highest BCUT2D eigenvalue weighted by molar-refractivity contribution is 5.81. The van der Waals surface area contributed by atoms with E-state index in [1.807, 2.05) is 6.07 Å². The zero-order chi connectivity index (χ0) is 13.3. The number of hydrogen-bond donors (Lipinski definition) is 1. The molecule has 1 aliphatic heterocycles. The molecule has 0 radical (unpaired) electrons. The first-order valence-electron chi connectivity index (χ1n) is 6.12. The van der Waals surface area contributed by atoms with Gasteiger partial charge in [-0.1, -0.05) is 13.8 Å². The molecule has 2 heterocycles. The van der Waals surface area contributed by atoms with E-state index in [9.17, 15) is 4.79 Å². The first kappa shape index (κ1) is 12.6. The number of hydrogen-bond acceptors (Lipinski definition) is 3. The van der Waals surface area contributed by atoms with E-state index < -0.39 is 5.92 Å². The molecule has 5 heteroatoms. The third-order valence-electron chi connectivity index (χ3n) is 3.32. The molecule has 0 bridgehead atoms. The molecule has 0 spiro atoms. The molecule has 0 saturated heterocycles. The van der Waals surface area contributed by atoms with Crippen LogP contribution >= 0.6 is 0 Å². The molecule has 96 valence electrons. The average Bonchev–Trinajstić information content (AvgIpc) is 2.67. The molecule has 0 aliphatic carbocycles. The molecule has 0 saturated carbocycles. The van der Waals surface area contributed by atoms with Crippen LogP contribution in [0.2, 0.25) is 0 Å². The minimum atomic E-state index is -0.589. The summed E-state index contributed by atoms with van der Waals surface area (Å²) < 4.78 is 0. The molecule has 0 fully saturated rings. The van der Waals surface area contributed by atoms with Crippen molar-refractivity contribution in [2.24, 2.45) is 11.3 Å². The maximum absolute atomic E-state index is 12.2. The second-order valence-corrected chi connectivity index (χ2v) is 5.76. The van der Waals surface area contributed by atoms with Crippen molar-refractivity contribution in [2.75, 3.05) is 6.54 Å². The molecule has 2 rings (SSSR count). The highest BCUT2D eigenvalue weighted by atomic mass is 16.2. The van der Waals surface area contributed by atoms with Gasteiger partial charge in [-0.2, -0.15) is 10.4 Å². The lowest BCUT2D eigenvalue weighted by Gasteiger charge is -2.30. The van der Waals surface area contributed by atoms with Crippen molar-refractivity contribution in [3.8, 4) is 6.07 Å². The Kier molecular flexibility index (Phi) is 3.12. The van der Waals surface area contributed by atoms with Crippen LogP contribution in [0, 0.1) is 22.7 Å². The van der Waals surface area contributed by atoms with Crippen LogP contribution in [0.1, 0.15) is 32.0 Å². The Hall–Kier alpha value is -1.83. The molecule has 0 aromatic carbocycles. The lowest BCUT2D eigenvalue weighted by Crippen LogP contribution is -2.39. The number of H-pyrrole nitrogens is 1. The summed E-state index contributed by atoms with van der Waals surface area (Å²) in [5, 5.41) is 15.9. The molecule has 1 unspecified atom stereocenters. The number of amides is 1. The summed E-state index contributed by atoms with van der Waals surface area (Å²) in [6.07, 6.45) is 2.64. The molecular formula is C13H18N4O. The van der Waals surface area contributed by atoms with Crippen molar-refractivity contribution in [1.29, 1.82) is 5.26 Å². The van der Waals surface area contributed by atoms with E-state index in [1.54, 1.807) is 18.0 Å². The van der Waals surface area contributed by atoms with Crippen LogP contribution in [0.4, 0.5) is 0 Å². The molecule has 5 nitrogen and oxygen atoms in total. The summed E-state index contributed by atoms with van der Waals surface area (Å²) in [6.45, 7) is 7.11. The van der Waals surface area contributed by atoms with Crippen LogP contribution in [-0.2, 0) is 17.8 Å². The zero-order valence-corrected chi connectivity index (χ0v) is 11.0. The quantitative estimate of drug-likeness (QED) is 0.815. The Bertz CT molecular complexity index is 497. The number of carbonyl (C=O) groups is 1. The average molecular weight is 246 g/mol. The predicted octanol–water partition coefficient (Wildman–Crippen LogP) is 1.48. The van der Waals surface area contributed by atoms with Gasteiger partial charge in [0.05, 0.1) is 12.3 Å². The minimum Gasteiger partial charge on any atom is -0.337 e. The van der Waals surface area contributed by atoms with E-state index in [0.717, 1.165) is 17.7 Å². The van der Waals surface area contributed by atoms with Gasteiger partial charge < -0.3 is 4.90 Å². The van der Waals surface area contributed by atoms with E-state index in [-0.39, 0.29) is 11.3 Å². The largest absolute Gasteiger partial charge is 0.337 e. The Balaban J connectivity index is 2.29. The number of aromatic amines is 1. The third kappa shape index (κ3) is 2.37. The molecule has 18 heavy (non-hydrogen) atoms. The fourth-order valence-corrected chi connectivity index (χ4v) is 2.42. The van der Waals surface area contributed by atoms with Crippen LogP contribution in [0.25, 0.3) is 0 Å². The van der Waals surface area contributed by atoms with Gasteiger partial charge in [-0.05, 0) is 18.8 Å². The van der Waals surface area contributed by atoms with Gasteiger partial charge in [0.15, 0.2) is 0 Å². The maximum atomic E-state index is 12.2. The zero-order valence-electron chi connectivity index (χ0n) is 11.0. The van der Waals surface area contributed by atoms with Gasteiger partial charge in [0.25, 0.3) is 0 Å². The lowest BCUT2D eigenvalue weighted by atomic mass is 9.87. The predicted molar refractivity (Wildman–Crippen MR) is 66.3 cm³/mol. The van der Waals surface area contributed by atoms with Crippen molar-refractivity contribution >= 4 is 5.91 Å². The van der Waals surface area contributed by atoms with E-state index in [2.05, 4.69) is 24.0 Å². The van der Waals surface area contributed by atoms with E-state index in [1.165, 1.54) is 0 Å². The van der Waals surface area contributed by atoms with Crippen LogP contribution in [0.3, 0.4) is 0 Å². The van der Waals surface area contributed by atoms with Crippen molar-refractivity contribution in [3.05, 3.63) is 17.5 Å². The standard InChI is InChI=1S/C13H18N4O/c1-9(5-14)12(18)17-7-10-6-15-16-11(10)4-13(2,3)8-17/h6,9H,4,7-8H2,1-3H3,(H,15,16). The summed E-state index contributed by atoms with van der Waals surface area (Å²) in [7, 11) is 0. The summed E-state index contributed by atoms with van der Waals surface area (Å²) >= 11 is 0. The number of nitrogens with zero attached hydrogens (tertiary/aromatic N) is 3. The Labute approximate surface area is 107 Å². The molecule has 1 amide bonds. The minimum absolute atomic E-state index is 0.0113.